The lowest BCUT2D eigenvalue weighted by Crippen LogP contribution is -2.19. The topological polar surface area (TPSA) is 54.0 Å². The van der Waals surface area contributed by atoms with Gasteiger partial charge in [-0.25, -0.2) is 0 Å². The lowest BCUT2D eigenvalue weighted by Gasteiger charge is -2.19. The van der Waals surface area contributed by atoms with Crippen LogP contribution in [0.1, 0.15) is 38.1 Å². The standard InChI is InChI=1S/C15H22O5/c1-5-17-11(3)19-14-8-7-9-15(13(14)10-16)20-12(4)18-6-2/h7-12H,5-6H2,1-4H3. The molecule has 0 saturated heterocycles. The Bertz CT molecular complexity index is 386. The predicted octanol–water partition coefficient (Wildman–Crippen LogP) is 3.02. The van der Waals surface area contributed by atoms with Gasteiger partial charge in [0.25, 0.3) is 0 Å². The molecule has 0 bridgehead atoms. The molecule has 2 atom stereocenters. The van der Waals surface area contributed by atoms with E-state index in [0.29, 0.717) is 36.6 Å². The van der Waals surface area contributed by atoms with Crippen molar-refractivity contribution in [2.75, 3.05) is 13.2 Å². The number of ether oxygens (including phenoxy) is 4. The van der Waals surface area contributed by atoms with E-state index in [9.17, 15) is 4.79 Å². The summed E-state index contributed by atoms with van der Waals surface area (Å²) in [7, 11) is 0. The van der Waals surface area contributed by atoms with Crippen LogP contribution in [0, 0.1) is 0 Å². The number of carbonyl (C=O) groups is 1. The van der Waals surface area contributed by atoms with Crippen LogP contribution in [0.4, 0.5) is 0 Å². The third-order valence-corrected chi connectivity index (χ3v) is 2.53. The summed E-state index contributed by atoms with van der Waals surface area (Å²) in [4.78, 5) is 11.3. The first-order valence-corrected chi connectivity index (χ1v) is 6.77. The molecule has 5 nitrogen and oxygen atoms in total. The molecule has 0 aliphatic rings. The molecule has 20 heavy (non-hydrogen) atoms. The highest BCUT2D eigenvalue weighted by atomic mass is 16.7. The summed E-state index contributed by atoms with van der Waals surface area (Å²) in [6, 6.07) is 5.17. The summed E-state index contributed by atoms with van der Waals surface area (Å²) < 4.78 is 21.8. The van der Waals surface area contributed by atoms with E-state index in [-0.39, 0.29) is 0 Å². The van der Waals surface area contributed by atoms with Crippen molar-refractivity contribution in [1.82, 2.24) is 0 Å². The van der Waals surface area contributed by atoms with Crippen LogP contribution >= 0.6 is 0 Å². The highest BCUT2D eigenvalue weighted by molar-refractivity contribution is 5.83. The maximum atomic E-state index is 11.3. The molecule has 0 heterocycles. The first-order valence-electron chi connectivity index (χ1n) is 6.77. The fraction of sp³-hybridized carbons (Fsp3) is 0.533. The van der Waals surface area contributed by atoms with Crippen molar-refractivity contribution in [2.45, 2.75) is 40.3 Å². The Morgan fingerprint density at radius 3 is 1.80 bits per heavy atom. The second-order valence-electron chi connectivity index (χ2n) is 4.07. The van der Waals surface area contributed by atoms with Gasteiger partial charge in [0.05, 0.1) is 5.56 Å². The van der Waals surface area contributed by atoms with E-state index in [2.05, 4.69) is 0 Å². The van der Waals surface area contributed by atoms with Gasteiger partial charge in [0.15, 0.2) is 18.9 Å². The molecule has 0 saturated carbocycles. The quantitative estimate of drug-likeness (QED) is 0.515. The highest BCUT2D eigenvalue weighted by Gasteiger charge is 2.14. The summed E-state index contributed by atoms with van der Waals surface area (Å²) in [5.41, 5.74) is 0.352. The Morgan fingerprint density at radius 1 is 1.00 bits per heavy atom. The molecule has 0 radical (unpaired) electrons. The van der Waals surface area contributed by atoms with E-state index < -0.39 is 12.6 Å². The Morgan fingerprint density at radius 2 is 1.45 bits per heavy atom. The minimum Gasteiger partial charge on any atom is -0.464 e. The average molecular weight is 282 g/mol. The lowest BCUT2D eigenvalue weighted by molar-refractivity contribution is -0.0653. The Hall–Kier alpha value is -1.59. The van der Waals surface area contributed by atoms with Crippen LogP contribution in [0.15, 0.2) is 18.2 Å². The maximum Gasteiger partial charge on any atom is 0.196 e. The Labute approximate surface area is 119 Å². The summed E-state index contributed by atoms with van der Waals surface area (Å²) in [6.07, 6.45) is -0.154. The Kier molecular flexibility index (Phi) is 7.04. The third-order valence-electron chi connectivity index (χ3n) is 2.53. The minimum atomic E-state index is -0.432. The molecule has 5 heteroatoms. The van der Waals surface area contributed by atoms with Crippen molar-refractivity contribution in [1.29, 1.82) is 0 Å². The van der Waals surface area contributed by atoms with Crippen molar-refractivity contribution < 1.29 is 23.7 Å². The molecule has 2 unspecified atom stereocenters. The molecule has 0 fully saturated rings. The van der Waals surface area contributed by atoms with Gasteiger partial charge in [-0.3, -0.25) is 4.79 Å². The van der Waals surface area contributed by atoms with Gasteiger partial charge in [0, 0.05) is 13.2 Å². The molecule has 0 spiro atoms. The van der Waals surface area contributed by atoms with Crippen molar-refractivity contribution in [2.24, 2.45) is 0 Å². The van der Waals surface area contributed by atoms with Crippen molar-refractivity contribution in [3.8, 4) is 11.5 Å². The van der Waals surface area contributed by atoms with Gasteiger partial charge in [0.2, 0.25) is 0 Å². The first kappa shape index (κ1) is 16.5. The number of carbonyl (C=O) groups excluding carboxylic acids is 1. The molecule has 0 amide bonds. The van der Waals surface area contributed by atoms with Crippen LogP contribution in [-0.2, 0) is 9.47 Å². The fourth-order valence-electron chi connectivity index (χ4n) is 1.74. The molecule has 1 rings (SSSR count). The molecular weight excluding hydrogens is 260 g/mol. The number of hydrogen-bond acceptors (Lipinski definition) is 5. The van der Waals surface area contributed by atoms with Crippen molar-refractivity contribution >= 4 is 6.29 Å². The molecule has 1 aromatic rings. The van der Waals surface area contributed by atoms with Gasteiger partial charge in [-0.15, -0.1) is 0 Å². The van der Waals surface area contributed by atoms with E-state index in [1.165, 1.54) is 0 Å². The smallest absolute Gasteiger partial charge is 0.196 e. The van der Waals surface area contributed by atoms with Crippen LogP contribution in [0.2, 0.25) is 0 Å². The van der Waals surface area contributed by atoms with Crippen molar-refractivity contribution in [3.63, 3.8) is 0 Å². The van der Waals surface area contributed by atoms with E-state index in [1.54, 1.807) is 32.0 Å². The van der Waals surface area contributed by atoms with Crippen LogP contribution in [0.5, 0.6) is 11.5 Å². The van der Waals surface area contributed by atoms with Crippen molar-refractivity contribution in [3.05, 3.63) is 23.8 Å². The summed E-state index contributed by atoms with van der Waals surface area (Å²) in [5, 5.41) is 0. The van der Waals surface area contributed by atoms with Gasteiger partial charge in [0.1, 0.15) is 11.5 Å². The SMILES string of the molecule is CCOC(C)Oc1cccc(OC(C)OCC)c1C=O. The minimum absolute atomic E-state index is 0.352. The lowest BCUT2D eigenvalue weighted by atomic mass is 10.2. The van der Waals surface area contributed by atoms with Gasteiger partial charge >= 0.3 is 0 Å². The zero-order chi connectivity index (χ0) is 15.0. The molecule has 0 aliphatic carbocycles. The molecule has 0 aliphatic heterocycles. The summed E-state index contributed by atoms with van der Waals surface area (Å²) >= 11 is 0. The first-order chi connectivity index (χ1) is 9.62. The third kappa shape index (κ3) is 4.83. The van der Waals surface area contributed by atoms with Gasteiger partial charge in [-0.2, -0.15) is 0 Å². The van der Waals surface area contributed by atoms with Crippen LogP contribution in [0.25, 0.3) is 0 Å². The zero-order valence-electron chi connectivity index (χ0n) is 12.4. The van der Waals surface area contributed by atoms with E-state index in [0.717, 1.165) is 0 Å². The fourth-order valence-corrected chi connectivity index (χ4v) is 1.74. The van der Waals surface area contributed by atoms with E-state index in [4.69, 9.17) is 18.9 Å². The zero-order valence-corrected chi connectivity index (χ0v) is 12.4. The number of benzene rings is 1. The van der Waals surface area contributed by atoms with E-state index in [1.807, 2.05) is 13.8 Å². The largest absolute Gasteiger partial charge is 0.464 e. The summed E-state index contributed by atoms with van der Waals surface area (Å²) in [5.74, 6) is 0.865. The monoisotopic (exact) mass is 282 g/mol. The molecule has 0 N–H and O–H groups in total. The maximum absolute atomic E-state index is 11.3. The van der Waals surface area contributed by atoms with Gasteiger partial charge in [-0.05, 0) is 39.8 Å². The average Bonchev–Trinajstić information content (AvgIpc) is 2.39. The molecule has 112 valence electrons. The highest BCUT2D eigenvalue weighted by Crippen LogP contribution is 2.28. The predicted molar refractivity (Wildman–Crippen MR) is 75.3 cm³/mol. The van der Waals surface area contributed by atoms with E-state index >= 15 is 0 Å². The van der Waals surface area contributed by atoms with Crippen LogP contribution in [-0.4, -0.2) is 32.1 Å². The molecular formula is C15H22O5. The molecule has 1 aromatic carbocycles. The number of aldehydes is 1. The van der Waals surface area contributed by atoms with Crippen LogP contribution < -0.4 is 9.47 Å². The Balaban J connectivity index is 2.88. The second kappa shape index (κ2) is 8.55. The number of rotatable bonds is 9. The second-order valence-corrected chi connectivity index (χ2v) is 4.07. The summed E-state index contributed by atoms with van der Waals surface area (Å²) in [6.45, 7) is 8.38. The van der Waals surface area contributed by atoms with Gasteiger partial charge < -0.3 is 18.9 Å². The molecule has 0 aromatic heterocycles. The normalized spacial score (nSPS) is 13.6. The van der Waals surface area contributed by atoms with Crippen LogP contribution in [0.3, 0.4) is 0 Å². The van der Waals surface area contributed by atoms with Gasteiger partial charge in [-0.1, -0.05) is 6.07 Å². The number of hydrogen-bond donors (Lipinski definition) is 0.